The second kappa shape index (κ2) is 10.5. The Bertz CT molecular complexity index is 617. The largest absolute Gasteiger partial charge is 0.356 e. The van der Waals surface area contributed by atoms with E-state index in [0.29, 0.717) is 0 Å². The molecule has 0 spiro atoms. The van der Waals surface area contributed by atoms with E-state index in [0.717, 1.165) is 23.9 Å². The first kappa shape index (κ1) is 19.8. The van der Waals surface area contributed by atoms with Gasteiger partial charge in [0.2, 0.25) is 0 Å². The number of hydrogen-bond acceptors (Lipinski definition) is 1. The van der Waals surface area contributed by atoms with Gasteiger partial charge in [0.25, 0.3) is 0 Å². The van der Waals surface area contributed by atoms with Gasteiger partial charge in [0.05, 0.1) is 6.04 Å². The summed E-state index contributed by atoms with van der Waals surface area (Å²) in [7, 11) is 1.78. The highest BCUT2D eigenvalue weighted by Gasteiger charge is 2.06. The van der Waals surface area contributed by atoms with E-state index >= 15 is 0 Å². The molecule has 0 aliphatic heterocycles. The van der Waals surface area contributed by atoms with Crippen LogP contribution in [-0.2, 0) is 6.42 Å². The minimum absolute atomic E-state index is 0. The van der Waals surface area contributed by atoms with Gasteiger partial charge < -0.3 is 10.6 Å². The van der Waals surface area contributed by atoms with Gasteiger partial charge in [-0.05, 0) is 36.6 Å². The molecule has 124 valence electrons. The Labute approximate surface area is 160 Å². The first-order chi connectivity index (χ1) is 10.7. The molecule has 0 saturated heterocycles. The summed E-state index contributed by atoms with van der Waals surface area (Å²) >= 11 is 5.99. The summed E-state index contributed by atoms with van der Waals surface area (Å²) in [4.78, 5) is 4.27. The number of nitrogens with one attached hydrogen (secondary N) is 2. The Morgan fingerprint density at radius 3 is 2.52 bits per heavy atom. The van der Waals surface area contributed by atoms with E-state index in [-0.39, 0.29) is 30.0 Å². The fraction of sp³-hybridized carbons (Fsp3) is 0.278. The van der Waals surface area contributed by atoms with E-state index in [1.807, 2.05) is 36.4 Å². The van der Waals surface area contributed by atoms with Gasteiger partial charge in [-0.15, -0.1) is 24.0 Å². The van der Waals surface area contributed by atoms with Crippen molar-refractivity contribution in [3.05, 3.63) is 70.7 Å². The van der Waals surface area contributed by atoms with Crippen LogP contribution in [0.4, 0.5) is 0 Å². The Kier molecular flexibility index (Phi) is 9.02. The number of nitrogens with zero attached hydrogens (tertiary/aromatic N) is 1. The number of guanidine groups is 1. The second-order valence-corrected chi connectivity index (χ2v) is 5.59. The third kappa shape index (κ3) is 6.79. The smallest absolute Gasteiger partial charge is 0.191 e. The maximum Gasteiger partial charge on any atom is 0.191 e. The van der Waals surface area contributed by atoms with Crippen molar-refractivity contribution in [2.45, 2.75) is 19.4 Å². The van der Waals surface area contributed by atoms with Crippen LogP contribution in [0.15, 0.2) is 59.6 Å². The van der Waals surface area contributed by atoms with Gasteiger partial charge in [-0.1, -0.05) is 54.1 Å². The maximum absolute atomic E-state index is 5.99. The second-order valence-electron chi connectivity index (χ2n) is 5.16. The van der Waals surface area contributed by atoms with Crippen LogP contribution in [0.25, 0.3) is 0 Å². The normalized spacial score (nSPS) is 12.2. The van der Waals surface area contributed by atoms with E-state index in [2.05, 4.69) is 40.7 Å². The highest BCUT2D eigenvalue weighted by molar-refractivity contribution is 14.0. The molecule has 1 atom stereocenters. The molecule has 5 heteroatoms. The Balaban J connectivity index is 0.00000264. The minimum atomic E-state index is 0. The van der Waals surface area contributed by atoms with Crippen LogP contribution < -0.4 is 10.6 Å². The van der Waals surface area contributed by atoms with Crippen molar-refractivity contribution >= 4 is 41.5 Å². The zero-order valence-corrected chi connectivity index (χ0v) is 16.5. The number of rotatable bonds is 5. The van der Waals surface area contributed by atoms with Crippen LogP contribution >= 0.6 is 35.6 Å². The standard InChI is InChI=1S/C18H22ClN3.HI/c1-14(16-8-4-3-5-9-16)22-18(20-2)21-12-11-15-7-6-10-17(19)13-15;/h3-10,13-14H,11-12H2,1-2H3,(H2,20,21,22);1H. The van der Waals surface area contributed by atoms with E-state index < -0.39 is 0 Å². The quantitative estimate of drug-likeness (QED) is 0.407. The van der Waals surface area contributed by atoms with Crippen molar-refractivity contribution in [3.8, 4) is 0 Å². The van der Waals surface area contributed by atoms with E-state index in [1.54, 1.807) is 7.05 Å². The van der Waals surface area contributed by atoms with Gasteiger partial charge in [-0.3, -0.25) is 4.99 Å². The Morgan fingerprint density at radius 2 is 1.87 bits per heavy atom. The molecule has 2 aromatic rings. The summed E-state index contributed by atoms with van der Waals surface area (Å²) in [6.45, 7) is 2.93. The molecule has 0 bridgehead atoms. The van der Waals surface area contributed by atoms with Crippen LogP contribution in [0, 0.1) is 0 Å². The monoisotopic (exact) mass is 443 g/mol. The zero-order chi connectivity index (χ0) is 15.8. The van der Waals surface area contributed by atoms with Crippen molar-refractivity contribution in [2.24, 2.45) is 4.99 Å². The van der Waals surface area contributed by atoms with Gasteiger partial charge in [0.15, 0.2) is 5.96 Å². The molecule has 0 fully saturated rings. The SMILES string of the molecule is CN=C(NCCc1cccc(Cl)c1)NC(C)c1ccccc1.I. The van der Waals surface area contributed by atoms with Crippen molar-refractivity contribution in [3.63, 3.8) is 0 Å². The zero-order valence-electron chi connectivity index (χ0n) is 13.4. The van der Waals surface area contributed by atoms with Crippen LogP contribution in [-0.4, -0.2) is 19.6 Å². The molecule has 0 radical (unpaired) electrons. The number of halogens is 2. The average Bonchev–Trinajstić information content (AvgIpc) is 2.54. The topological polar surface area (TPSA) is 36.4 Å². The van der Waals surface area contributed by atoms with Gasteiger partial charge in [0, 0.05) is 18.6 Å². The van der Waals surface area contributed by atoms with Crippen molar-refractivity contribution in [2.75, 3.05) is 13.6 Å². The number of hydrogen-bond donors (Lipinski definition) is 2. The van der Waals surface area contributed by atoms with Crippen LogP contribution in [0.2, 0.25) is 5.02 Å². The summed E-state index contributed by atoms with van der Waals surface area (Å²) in [5.74, 6) is 0.804. The summed E-state index contributed by atoms with van der Waals surface area (Å²) in [6.07, 6.45) is 0.904. The lowest BCUT2D eigenvalue weighted by atomic mass is 10.1. The predicted octanol–water partition coefficient (Wildman–Crippen LogP) is 4.43. The molecule has 0 aliphatic carbocycles. The molecule has 1 unspecified atom stereocenters. The number of aliphatic imine (C=N–C) groups is 1. The molecule has 0 saturated carbocycles. The molecule has 0 aliphatic rings. The van der Waals surface area contributed by atoms with Gasteiger partial charge in [-0.25, -0.2) is 0 Å². The van der Waals surface area contributed by atoms with Crippen molar-refractivity contribution in [1.29, 1.82) is 0 Å². The third-order valence-corrected chi connectivity index (χ3v) is 3.71. The van der Waals surface area contributed by atoms with E-state index in [4.69, 9.17) is 11.6 Å². The third-order valence-electron chi connectivity index (χ3n) is 3.47. The predicted molar refractivity (Wildman–Crippen MR) is 110 cm³/mol. The van der Waals surface area contributed by atoms with E-state index in [1.165, 1.54) is 11.1 Å². The first-order valence-electron chi connectivity index (χ1n) is 7.45. The lowest BCUT2D eigenvalue weighted by molar-refractivity contribution is 0.684. The molecular formula is C18H23ClIN3. The molecule has 0 heterocycles. The molecule has 2 aromatic carbocycles. The Morgan fingerprint density at radius 1 is 1.13 bits per heavy atom. The van der Waals surface area contributed by atoms with Gasteiger partial charge in [0.1, 0.15) is 0 Å². The summed E-state index contributed by atoms with van der Waals surface area (Å²) in [5, 5.41) is 7.50. The lowest BCUT2D eigenvalue weighted by Gasteiger charge is -2.18. The first-order valence-corrected chi connectivity index (χ1v) is 7.83. The number of benzene rings is 2. The highest BCUT2D eigenvalue weighted by atomic mass is 127. The fourth-order valence-corrected chi connectivity index (χ4v) is 2.46. The van der Waals surface area contributed by atoms with Crippen LogP contribution in [0.3, 0.4) is 0 Å². The lowest BCUT2D eigenvalue weighted by Crippen LogP contribution is -2.39. The van der Waals surface area contributed by atoms with Crippen LogP contribution in [0.5, 0.6) is 0 Å². The molecule has 2 N–H and O–H groups in total. The average molecular weight is 444 g/mol. The fourth-order valence-electron chi connectivity index (χ4n) is 2.24. The van der Waals surface area contributed by atoms with E-state index in [9.17, 15) is 0 Å². The minimum Gasteiger partial charge on any atom is -0.356 e. The summed E-state index contributed by atoms with van der Waals surface area (Å²) in [6, 6.07) is 18.5. The Hall–Kier alpha value is -1.27. The molecule has 23 heavy (non-hydrogen) atoms. The highest BCUT2D eigenvalue weighted by Crippen LogP contribution is 2.11. The van der Waals surface area contributed by atoms with Crippen LogP contribution in [0.1, 0.15) is 24.1 Å². The molecule has 0 aromatic heterocycles. The van der Waals surface area contributed by atoms with Gasteiger partial charge >= 0.3 is 0 Å². The van der Waals surface area contributed by atoms with Gasteiger partial charge in [-0.2, -0.15) is 0 Å². The molecule has 2 rings (SSSR count). The van der Waals surface area contributed by atoms with Crippen molar-refractivity contribution < 1.29 is 0 Å². The maximum atomic E-state index is 5.99. The van der Waals surface area contributed by atoms with Crippen molar-refractivity contribution in [1.82, 2.24) is 10.6 Å². The summed E-state index contributed by atoms with van der Waals surface area (Å²) < 4.78 is 0. The molecule has 3 nitrogen and oxygen atoms in total. The molecule has 0 amide bonds. The summed E-state index contributed by atoms with van der Waals surface area (Å²) in [5.41, 5.74) is 2.45. The molecular weight excluding hydrogens is 421 g/mol.